The summed E-state index contributed by atoms with van der Waals surface area (Å²) in [5.41, 5.74) is 0.382. The van der Waals surface area contributed by atoms with E-state index < -0.39 is 17.9 Å². The van der Waals surface area contributed by atoms with Crippen molar-refractivity contribution in [2.45, 2.75) is 13.0 Å². The minimum atomic E-state index is -1.07. The monoisotopic (exact) mass is 227 g/mol. The van der Waals surface area contributed by atoms with E-state index >= 15 is 0 Å². The van der Waals surface area contributed by atoms with Gasteiger partial charge in [0.15, 0.2) is 0 Å². The summed E-state index contributed by atoms with van der Waals surface area (Å²) in [6, 6.07) is 5.30. The minimum absolute atomic E-state index is 0.382. The van der Waals surface area contributed by atoms with Crippen LogP contribution in [0.3, 0.4) is 0 Å². The maximum absolute atomic E-state index is 11.5. The number of rotatable bonds is 3. The van der Waals surface area contributed by atoms with Crippen molar-refractivity contribution >= 4 is 23.5 Å². The molecule has 15 heavy (non-hydrogen) atoms. The summed E-state index contributed by atoms with van der Waals surface area (Å²) in [6.07, 6.45) is 0. The molecule has 0 saturated carbocycles. The average Bonchev–Trinajstić information content (AvgIpc) is 2.18. The Kier molecular flexibility index (Phi) is 3.68. The van der Waals surface area contributed by atoms with E-state index in [4.69, 9.17) is 16.7 Å². The second-order valence-corrected chi connectivity index (χ2v) is 3.48. The molecule has 0 radical (unpaired) electrons. The van der Waals surface area contributed by atoms with E-state index in [2.05, 4.69) is 5.32 Å². The first-order valence-electron chi connectivity index (χ1n) is 4.30. The summed E-state index contributed by atoms with van der Waals surface area (Å²) in [7, 11) is 0. The molecule has 5 heteroatoms. The zero-order valence-corrected chi connectivity index (χ0v) is 8.78. The van der Waals surface area contributed by atoms with Crippen molar-refractivity contribution in [3.05, 3.63) is 34.9 Å². The highest BCUT2D eigenvalue weighted by molar-refractivity contribution is 6.30. The Bertz CT molecular complexity index is 375. The third kappa shape index (κ3) is 3.25. The van der Waals surface area contributed by atoms with Crippen LogP contribution in [0.2, 0.25) is 5.02 Å². The zero-order valence-electron chi connectivity index (χ0n) is 8.03. The molecule has 2 N–H and O–H groups in total. The van der Waals surface area contributed by atoms with E-state index in [1.807, 2.05) is 0 Å². The summed E-state index contributed by atoms with van der Waals surface area (Å²) in [6.45, 7) is 1.40. The number of carbonyl (C=O) groups is 2. The number of aliphatic carboxylic acids is 1. The number of nitrogens with one attached hydrogen (secondary N) is 1. The van der Waals surface area contributed by atoms with Crippen molar-refractivity contribution < 1.29 is 14.7 Å². The maximum Gasteiger partial charge on any atom is 0.325 e. The SMILES string of the molecule is C[C@H](NC(=O)c1ccc(Cl)cc1)C(=O)O. The molecule has 0 aliphatic rings. The van der Waals surface area contributed by atoms with Crippen LogP contribution in [0.25, 0.3) is 0 Å². The van der Waals surface area contributed by atoms with E-state index in [9.17, 15) is 9.59 Å². The molecule has 80 valence electrons. The van der Waals surface area contributed by atoms with Crippen LogP contribution in [0.1, 0.15) is 17.3 Å². The number of halogens is 1. The standard InChI is InChI=1S/C10H10ClNO3/c1-6(10(14)15)12-9(13)7-2-4-8(11)5-3-7/h2-6H,1H3,(H,12,13)(H,14,15)/t6-/m0/s1. The molecule has 0 fully saturated rings. The first-order chi connectivity index (χ1) is 7.00. The fourth-order valence-corrected chi connectivity index (χ4v) is 1.07. The number of hydrogen-bond acceptors (Lipinski definition) is 2. The second kappa shape index (κ2) is 4.79. The summed E-state index contributed by atoms with van der Waals surface area (Å²) in [5, 5.41) is 11.4. The lowest BCUT2D eigenvalue weighted by molar-refractivity contribution is -0.138. The maximum atomic E-state index is 11.5. The van der Waals surface area contributed by atoms with Gasteiger partial charge in [-0.2, -0.15) is 0 Å². The van der Waals surface area contributed by atoms with Gasteiger partial charge in [0.25, 0.3) is 5.91 Å². The van der Waals surface area contributed by atoms with Gasteiger partial charge >= 0.3 is 5.97 Å². The number of hydrogen-bond donors (Lipinski definition) is 2. The van der Waals surface area contributed by atoms with Crippen LogP contribution in [0.5, 0.6) is 0 Å². The van der Waals surface area contributed by atoms with Crippen LogP contribution in [0, 0.1) is 0 Å². The number of carboxylic acid groups (broad SMARTS) is 1. The molecule has 1 amide bonds. The number of benzene rings is 1. The van der Waals surface area contributed by atoms with Crippen molar-refractivity contribution in [1.82, 2.24) is 5.32 Å². The van der Waals surface area contributed by atoms with Gasteiger partial charge in [0.1, 0.15) is 6.04 Å². The molecule has 0 spiro atoms. The van der Waals surface area contributed by atoms with Gasteiger partial charge in [-0.3, -0.25) is 9.59 Å². The molecule has 1 atom stereocenters. The predicted octanol–water partition coefficient (Wildman–Crippen LogP) is 1.54. The molecule has 0 saturated heterocycles. The van der Waals surface area contributed by atoms with Crippen LogP contribution in [-0.4, -0.2) is 23.0 Å². The van der Waals surface area contributed by atoms with Gasteiger partial charge in [0.05, 0.1) is 0 Å². The van der Waals surface area contributed by atoms with Crippen LogP contribution in [0.4, 0.5) is 0 Å². The van der Waals surface area contributed by atoms with Crippen molar-refractivity contribution in [2.24, 2.45) is 0 Å². The molecule has 0 aromatic heterocycles. The summed E-state index contributed by atoms with van der Waals surface area (Å²) < 4.78 is 0. The van der Waals surface area contributed by atoms with E-state index in [-0.39, 0.29) is 0 Å². The van der Waals surface area contributed by atoms with Gasteiger partial charge in [-0.25, -0.2) is 0 Å². The summed E-state index contributed by atoms with van der Waals surface area (Å²) in [4.78, 5) is 21.9. The van der Waals surface area contributed by atoms with Gasteiger partial charge in [0, 0.05) is 10.6 Å². The highest BCUT2D eigenvalue weighted by Gasteiger charge is 2.14. The normalized spacial score (nSPS) is 11.9. The number of carboxylic acids is 1. The van der Waals surface area contributed by atoms with E-state index in [1.54, 1.807) is 12.1 Å². The summed E-state index contributed by atoms with van der Waals surface area (Å²) >= 11 is 5.65. The van der Waals surface area contributed by atoms with Crippen LogP contribution >= 0.6 is 11.6 Å². The Morgan fingerprint density at radius 3 is 2.33 bits per heavy atom. The molecular weight excluding hydrogens is 218 g/mol. The fourth-order valence-electron chi connectivity index (χ4n) is 0.943. The van der Waals surface area contributed by atoms with Crippen molar-refractivity contribution in [2.75, 3.05) is 0 Å². The van der Waals surface area contributed by atoms with Gasteiger partial charge in [-0.1, -0.05) is 11.6 Å². The van der Waals surface area contributed by atoms with Crippen LogP contribution < -0.4 is 5.32 Å². The Morgan fingerprint density at radius 2 is 1.87 bits per heavy atom. The van der Waals surface area contributed by atoms with E-state index in [1.165, 1.54) is 19.1 Å². The zero-order chi connectivity index (χ0) is 11.4. The molecule has 0 aliphatic carbocycles. The van der Waals surface area contributed by atoms with Crippen molar-refractivity contribution in [1.29, 1.82) is 0 Å². The number of carbonyl (C=O) groups excluding carboxylic acids is 1. The van der Waals surface area contributed by atoms with E-state index in [0.29, 0.717) is 10.6 Å². The molecule has 0 heterocycles. The Balaban J connectivity index is 2.69. The predicted molar refractivity (Wildman–Crippen MR) is 56.0 cm³/mol. The third-order valence-electron chi connectivity index (χ3n) is 1.82. The van der Waals surface area contributed by atoms with Crippen molar-refractivity contribution in [3.63, 3.8) is 0 Å². The van der Waals surface area contributed by atoms with Gasteiger partial charge < -0.3 is 10.4 Å². The van der Waals surface area contributed by atoms with E-state index in [0.717, 1.165) is 0 Å². The molecule has 1 aromatic rings. The molecule has 1 rings (SSSR count). The second-order valence-electron chi connectivity index (χ2n) is 3.04. The molecular formula is C10H10ClNO3. The lowest BCUT2D eigenvalue weighted by Crippen LogP contribution is -2.38. The highest BCUT2D eigenvalue weighted by atomic mass is 35.5. The Morgan fingerprint density at radius 1 is 1.33 bits per heavy atom. The van der Waals surface area contributed by atoms with Gasteiger partial charge in [-0.05, 0) is 31.2 Å². The molecule has 4 nitrogen and oxygen atoms in total. The lowest BCUT2D eigenvalue weighted by Gasteiger charge is -2.08. The summed E-state index contributed by atoms with van der Waals surface area (Å²) in [5.74, 6) is -1.50. The first kappa shape index (κ1) is 11.5. The average molecular weight is 228 g/mol. The van der Waals surface area contributed by atoms with Crippen LogP contribution in [-0.2, 0) is 4.79 Å². The fraction of sp³-hybridized carbons (Fsp3) is 0.200. The molecule has 1 aromatic carbocycles. The quantitative estimate of drug-likeness (QED) is 0.823. The molecule has 0 unspecified atom stereocenters. The third-order valence-corrected chi connectivity index (χ3v) is 2.08. The lowest BCUT2D eigenvalue weighted by atomic mass is 10.2. The molecule has 0 aliphatic heterocycles. The topological polar surface area (TPSA) is 66.4 Å². The first-order valence-corrected chi connectivity index (χ1v) is 4.67. The van der Waals surface area contributed by atoms with Gasteiger partial charge in [-0.15, -0.1) is 0 Å². The number of amides is 1. The minimum Gasteiger partial charge on any atom is -0.480 e. The molecule has 0 bridgehead atoms. The Hall–Kier alpha value is -1.55. The van der Waals surface area contributed by atoms with Crippen molar-refractivity contribution in [3.8, 4) is 0 Å². The largest absolute Gasteiger partial charge is 0.480 e. The smallest absolute Gasteiger partial charge is 0.325 e. The highest BCUT2D eigenvalue weighted by Crippen LogP contribution is 2.09. The van der Waals surface area contributed by atoms with Crippen LogP contribution in [0.15, 0.2) is 24.3 Å². The van der Waals surface area contributed by atoms with Gasteiger partial charge in [0.2, 0.25) is 0 Å². The Labute approximate surface area is 91.9 Å².